The Hall–Kier alpha value is -1.80. The van der Waals surface area contributed by atoms with Crippen molar-refractivity contribution in [3.05, 3.63) is 40.0 Å². The van der Waals surface area contributed by atoms with E-state index in [1.165, 1.54) is 13.3 Å². The first kappa shape index (κ1) is 13.3. The highest BCUT2D eigenvalue weighted by Gasteiger charge is 2.08. The van der Waals surface area contributed by atoms with Gasteiger partial charge in [0.2, 0.25) is 0 Å². The zero-order valence-electron chi connectivity index (χ0n) is 9.45. The number of carbonyl (C=O) groups excluding carboxylic acids is 1. The highest BCUT2D eigenvalue weighted by atomic mass is 79.9. The molecule has 1 rings (SSSR count). The number of carbonyl (C=O) groups is 1. The van der Waals surface area contributed by atoms with E-state index < -0.39 is 5.97 Å². The van der Waals surface area contributed by atoms with Gasteiger partial charge in [0, 0.05) is 10.7 Å². The standard InChI is InChI=1S/C12H11BrN2O2/c1-8-3-4-11(10(13)5-8)15-7-9(6-14)12(16)17-2/h3-5,7,15H,1-2H3/b9-7-. The first-order chi connectivity index (χ1) is 8.08. The fourth-order valence-electron chi connectivity index (χ4n) is 1.13. The summed E-state index contributed by atoms with van der Waals surface area (Å²) in [4.78, 5) is 11.1. The number of nitrogens with zero attached hydrogens (tertiary/aromatic N) is 1. The quantitative estimate of drug-likeness (QED) is 0.529. The summed E-state index contributed by atoms with van der Waals surface area (Å²) in [5.41, 5.74) is 1.80. The van der Waals surface area contributed by atoms with Crippen molar-refractivity contribution in [3.8, 4) is 6.07 Å². The third kappa shape index (κ3) is 3.61. The Morgan fingerprint density at radius 2 is 2.29 bits per heavy atom. The van der Waals surface area contributed by atoms with Crippen molar-refractivity contribution in [2.24, 2.45) is 0 Å². The number of methoxy groups -OCH3 is 1. The molecule has 0 saturated heterocycles. The molecule has 4 nitrogen and oxygen atoms in total. The molecule has 1 aromatic carbocycles. The van der Waals surface area contributed by atoms with E-state index in [4.69, 9.17) is 5.26 Å². The summed E-state index contributed by atoms with van der Waals surface area (Å²) in [5.74, 6) is -0.664. The lowest BCUT2D eigenvalue weighted by molar-refractivity contribution is -0.135. The second kappa shape index (κ2) is 6.06. The topological polar surface area (TPSA) is 62.1 Å². The van der Waals surface area contributed by atoms with Crippen LogP contribution in [0.2, 0.25) is 0 Å². The molecule has 0 aliphatic rings. The summed E-state index contributed by atoms with van der Waals surface area (Å²) in [6.45, 7) is 1.97. The van der Waals surface area contributed by atoms with Crippen LogP contribution in [-0.2, 0) is 9.53 Å². The van der Waals surface area contributed by atoms with Crippen molar-refractivity contribution < 1.29 is 9.53 Å². The molecule has 0 aliphatic heterocycles. The second-order valence-electron chi connectivity index (χ2n) is 3.29. The van der Waals surface area contributed by atoms with Crippen molar-refractivity contribution in [1.29, 1.82) is 5.26 Å². The molecular formula is C12H11BrN2O2. The Kier molecular flexibility index (Phi) is 4.73. The van der Waals surface area contributed by atoms with Crippen molar-refractivity contribution >= 4 is 27.6 Å². The van der Waals surface area contributed by atoms with Gasteiger partial charge in [-0.2, -0.15) is 5.26 Å². The number of halogens is 1. The lowest BCUT2D eigenvalue weighted by atomic mass is 10.2. The second-order valence-corrected chi connectivity index (χ2v) is 4.14. The van der Waals surface area contributed by atoms with Crippen LogP contribution < -0.4 is 5.32 Å². The average molecular weight is 295 g/mol. The number of hydrogen-bond donors (Lipinski definition) is 1. The molecule has 0 spiro atoms. The number of anilines is 1. The highest BCUT2D eigenvalue weighted by Crippen LogP contribution is 2.23. The number of esters is 1. The van der Waals surface area contributed by atoms with Crippen LogP contribution in [0.1, 0.15) is 5.56 Å². The van der Waals surface area contributed by atoms with Crippen LogP contribution in [-0.4, -0.2) is 13.1 Å². The average Bonchev–Trinajstić information content (AvgIpc) is 2.31. The molecule has 0 aliphatic carbocycles. The molecule has 0 radical (unpaired) electrons. The maximum Gasteiger partial charge on any atom is 0.350 e. The summed E-state index contributed by atoms with van der Waals surface area (Å²) >= 11 is 3.38. The summed E-state index contributed by atoms with van der Waals surface area (Å²) in [6.07, 6.45) is 1.32. The fraction of sp³-hybridized carbons (Fsp3) is 0.167. The summed E-state index contributed by atoms with van der Waals surface area (Å²) in [5, 5.41) is 11.6. The third-order valence-electron chi connectivity index (χ3n) is 2.02. The predicted molar refractivity (Wildman–Crippen MR) is 68.2 cm³/mol. The van der Waals surface area contributed by atoms with Gasteiger partial charge in [0.1, 0.15) is 6.07 Å². The number of rotatable bonds is 3. The number of ether oxygens (including phenoxy) is 1. The van der Waals surface area contributed by atoms with E-state index in [2.05, 4.69) is 26.0 Å². The zero-order valence-corrected chi connectivity index (χ0v) is 11.0. The first-order valence-corrected chi connectivity index (χ1v) is 5.59. The van der Waals surface area contributed by atoms with Crippen LogP contribution in [0.25, 0.3) is 0 Å². The van der Waals surface area contributed by atoms with Crippen molar-refractivity contribution in [3.63, 3.8) is 0 Å². The number of nitriles is 1. The fourth-order valence-corrected chi connectivity index (χ4v) is 1.74. The van der Waals surface area contributed by atoms with Gasteiger partial charge in [-0.25, -0.2) is 4.79 Å². The van der Waals surface area contributed by atoms with Crippen LogP contribution in [0.15, 0.2) is 34.4 Å². The molecular weight excluding hydrogens is 284 g/mol. The molecule has 0 aromatic heterocycles. The largest absolute Gasteiger partial charge is 0.465 e. The molecule has 1 N–H and O–H groups in total. The molecule has 1 aromatic rings. The van der Waals surface area contributed by atoms with E-state index in [9.17, 15) is 4.79 Å². The molecule has 17 heavy (non-hydrogen) atoms. The monoisotopic (exact) mass is 294 g/mol. The Balaban J connectivity index is 2.88. The first-order valence-electron chi connectivity index (χ1n) is 4.79. The Morgan fingerprint density at radius 1 is 1.59 bits per heavy atom. The van der Waals surface area contributed by atoms with Gasteiger partial charge in [0.15, 0.2) is 5.57 Å². The van der Waals surface area contributed by atoms with Crippen molar-refractivity contribution in [2.45, 2.75) is 6.92 Å². The van der Waals surface area contributed by atoms with E-state index >= 15 is 0 Å². The minimum atomic E-state index is -0.664. The minimum absolute atomic E-state index is 0.0834. The van der Waals surface area contributed by atoms with Crippen LogP contribution >= 0.6 is 15.9 Å². The van der Waals surface area contributed by atoms with Crippen LogP contribution in [0.4, 0.5) is 5.69 Å². The Morgan fingerprint density at radius 3 is 2.82 bits per heavy atom. The summed E-state index contributed by atoms with van der Waals surface area (Å²) < 4.78 is 5.32. The van der Waals surface area contributed by atoms with Crippen molar-refractivity contribution in [2.75, 3.05) is 12.4 Å². The highest BCUT2D eigenvalue weighted by molar-refractivity contribution is 9.10. The van der Waals surface area contributed by atoms with Gasteiger partial charge in [0.05, 0.1) is 12.8 Å². The van der Waals surface area contributed by atoms with Gasteiger partial charge in [0.25, 0.3) is 0 Å². The third-order valence-corrected chi connectivity index (χ3v) is 2.68. The maximum absolute atomic E-state index is 11.1. The van der Waals surface area contributed by atoms with Gasteiger partial charge >= 0.3 is 5.97 Å². The van der Waals surface area contributed by atoms with E-state index in [0.717, 1.165) is 15.7 Å². The maximum atomic E-state index is 11.1. The number of hydrogen-bond acceptors (Lipinski definition) is 4. The molecule has 0 fully saturated rings. The van der Waals surface area contributed by atoms with Gasteiger partial charge in [-0.15, -0.1) is 0 Å². The number of nitrogens with one attached hydrogen (secondary N) is 1. The number of benzene rings is 1. The Labute approximate surface area is 108 Å². The number of aryl methyl sites for hydroxylation is 1. The van der Waals surface area contributed by atoms with Gasteiger partial charge < -0.3 is 10.1 Å². The van der Waals surface area contributed by atoms with E-state index in [0.29, 0.717) is 0 Å². The lowest BCUT2D eigenvalue weighted by Crippen LogP contribution is -2.05. The van der Waals surface area contributed by atoms with Crippen LogP contribution in [0.3, 0.4) is 0 Å². The van der Waals surface area contributed by atoms with E-state index in [1.54, 1.807) is 6.07 Å². The van der Waals surface area contributed by atoms with E-state index in [-0.39, 0.29) is 5.57 Å². The smallest absolute Gasteiger partial charge is 0.350 e. The Bertz CT molecular complexity index is 504. The summed E-state index contributed by atoms with van der Waals surface area (Å²) in [7, 11) is 1.23. The molecule has 0 amide bonds. The zero-order chi connectivity index (χ0) is 12.8. The lowest BCUT2D eigenvalue weighted by Gasteiger charge is -2.05. The van der Waals surface area contributed by atoms with Crippen LogP contribution in [0, 0.1) is 18.3 Å². The molecule has 0 atom stereocenters. The van der Waals surface area contributed by atoms with E-state index in [1.807, 2.05) is 25.1 Å². The molecule has 5 heteroatoms. The normalized spacial score (nSPS) is 10.6. The van der Waals surface area contributed by atoms with Gasteiger partial charge in [-0.1, -0.05) is 6.07 Å². The molecule has 0 bridgehead atoms. The molecule has 0 unspecified atom stereocenters. The molecule has 0 heterocycles. The predicted octanol–water partition coefficient (Wildman–Crippen LogP) is 2.75. The summed E-state index contributed by atoms with van der Waals surface area (Å²) in [6, 6.07) is 7.46. The molecule has 0 saturated carbocycles. The van der Waals surface area contributed by atoms with Gasteiger partial charge in [-0.05, 0) is 40.5 Å². The SMILES string of the molecule is COC(=O)/C(C#N)=C\Nc1ccc(C)cc1Br. The molecule has 88 valence electrons. The minimum Gasteiger partial charge on any atom is -0.465 e. The van der Waals surface area contributed by atoms with Crippen LogP contribution in [0.5, 0.6) is 0 Å². The van der Waals surface area contributed by atoms with Gasteiger partial charge in [-0.3, -0.25) is 0 Å². The van der Waals surface area contributed by atoms with Crippen molar-refractivity contribution in [1.82, 2.24) is 0 Å².